The second-order valence-electron chi connectivity index (χ2n) is 5.58. The van der Waals surface area contributed by atoms with Crippen molar-refractivity contribution >= 4 is 22.4 Å². The second kappa shape index (κ2) is 6.86. The quantitative estimate of drug-likeness (QED) is 0.676. The maximum absolute atomic E-state index is 13.0. The Hall–Kier alpha value is -3.17. The van der Waals surface area contributed by atoms with Crippen LogP contribution in [0.3, 0.4) is 0 Å². The molecule has 3 rings (SSSR count). The fourth-order valence-electron chi connectivity index (χ4n) is 2.59. The van der Waals surface area contributed by atoms with E-state index in [0.29, 0.717) is 10.8 Å². The van der Waals surface area contributed by atoms with E-state index in [1.165, 1.54) is 31.3 Å². The summed E-state index contributed by atoms with van der Waals surface area (Å²) in [5.41, 5.74) is -1.82. The van der Waals surface area contributed by atoms with Gasteiger partial charge in [-0.1, -0.05) is 18.2 Å². The van der Waals surface area contributed by atoms with Gasteiger partial charge in [0.1, 0.15) is 5.75 Å². The molecule has 0 unspecified atom stereocenters. The molecular formula is C17H12F5N3O2. The summed E-state index contributed by atoms with van der Waals surface area (Å²) in [6.45, 7) is -3.03. The van der Waals surface area contributed by atoms with Crippen LogP contribution in [-0.2, 0) is 13.2 Å². The third-order valence-corrected chi connectivity index (χ3v) is 3.67. The Morgan fingerprint density at radius 1 is 1.22 bits per heavy atom. The maximum Gasteiger partial charge on any atom is 0.435 e. The number of ether oxygens (including phenoxy) is 1. The Morgan fingerprint density at radius 3 is 2.63 bits per heavy atom. The van der Waals surface area contributed by atoms with Gasteiger partial charge in [0.25, 0.3) is 5.91 Å². The molecule has 1 heterocycles. The standard InChI is InChI=1S/C17H12F5N3O2/c1-25-8-12(14(24-25)17(20,21)22)15(26)23-13-4-2-3-9-5-6-10(7-11(9)13)27-16(18)19/h2-8,16H,1H3,(H,23,26). The third-order valence-electron chi connectivity index (χ3n) is 3.67. The van der Waals surface area contributed by atoms with Crippen LogP contribution < -0.4 is 10.1 Å². The van der Waals surface area contributed by atoms with Gasteiger partial charge in [-0.25, -0.2) is 0 Å². The predicted octanol–water partition coefficient (Wildman–Crippen LogP) is 4.45. The monoisotopic (exact) mass is 385 g/mol. The van der Waals surface area contributed by atoms with Crippen molar-refractivity contribution in [1.29, 1.82) is 0 Å². The molecule has 1 amide bonds. The zero-order valence-electron chi connectivity index (χ0n) is 13.7. The van der Waals surface area contributed by atoms with E-state index in [2.05, 4.69) is 15.2 Å². The zero-order chi connectivity index (χ0) is 19.8. The summed E-state index contributed by atoms with van der Waals surface area (Å²) < 4.78 is 69.2. The van der Waals surface area contributed by atoms with Crippen molar-refractivity contribution in [3.05, 3.63) is 53.9 Å². The predicted molar refractivity (Wildman–Crippen MR) is 86.7 cm³/mol. The highest BCUT2D eigenvalue weighted by atomic mass is 19.4. The largest absolute Gasteiger partial charge is 0.435 e. The van der Waals surface area contributed by atoms with Crippen LogP contribution in [0.25, 0.3) is 10.8 Å². The lowest BCUT2D eigenvalue weighted by Crippen LogP contribution is -2.18. The number of carbonyl (C=O) groups is 1. The maximum atomic E-state index is 13.0. The number of aromatic nitrogens is 2. The molecule has 0 fully saturated rings. The minimum absolute atomic E-state index is 0.142. The van der Waals surface area contributed by atoms with Gasteiger partial charge in [0.15, 0.2) is 5.69 Å². The topological polar surface area (TPSA) is 56.2 Å². The summed E-state index contributed by atoms with van der Waals surface area (Å²) in [4.78, 5) is 12.4. The minimum Gasteiger partial charge on any atom is -0.435 e. The molecule has 0 aliphatic rings. The Bertz CT molecular complexity index is 998. The van der Waals surface area contributed by atoms with E-state index in [1.54, 1.807) is 12.1 Å². The molecule has 0 radical (unpaired) electrons. The van der Waals surface area contributed by atoms with Gasteiger partial charge in [-0.15, -0.1) is 0 Å². The number of halogens is 5. The lowest BCUT2D eigenvalue weighted by molar-refractivity contribution is -0.141. The molecule has 0 bridgehead atoms. The van der Waals surface area contributed by atoms with Gasteiger partial charge >= 0.3 is 12.8 Å². The summed E-state index contributed by atoms with van der Waals surface area (Å²) >= 11 is 0. The molecule has 0 spiro atoms. The number of amides is 1. The van der Waals surface area contributed by atoms with E-state index >= 15 is 0 Å². The molecule has 2 aromatic carbocycles. The Kier molecular flexibility index (Phi) is 4.73. The zero-order valence-corrected chi connectivity index (χ0v) is 13.7. The number of fused-ring (bicyclic) bond motifs is 1. The highest BCUT2D eigenvalue weighted by Gasteiger charge is 2.39. The number of hydrogen-bond donors (Lipinski definition) is 1. The number of carbonyl (C=O) groups excluding carboxylic acids is 1. The van der Waals surface area contributed by atoms with Crippen molar-refractivity contribution < 1.29 is 31.5 Å². The van der Waals surface area contributed by atoms with E-state index < -0.39 is 30.0 Å². The highest BCUT2D eigenvalue weighted by molar-refractivity contribution is 6.09. The van der Waals surface area contributed by atoms with E-state index in [4.69, 9.17) is 0 Å². The molecule has 0 atom stereocenters. The summed E-state index contributed by atoms with van der Waals surface area (Å²) in [6.07, 6.45) is -3.85. The Labute approximate surface area is 149 Å². The van der Waals surface area contributed by atoms with Crippen molar-refractivity contribution in [2.75, 3.05) is 5.32 Å². The molecule has 1 N–H and O–H groups in total. The van der Waals surface area contributed by atoms with Gasteiger partial charge in [0.2, 0.25) is 0 Å². The Balaban J connectivity index is 1.98. The number of nitrogens with one attached hydrogen (secondary N) is 1. The van der Waals surface area contributed by atoms with Crippen molar-refractivity contribution in [2.45, 2.75) is 12.8 Å². The average molecular weight is 385 g/mol. The van der Waals surface area contributed by atoms with E-state index in [1.807, 2.05) is 0 Å². The molecular weight excluding hydrogens is 373 g/mol. The summed E-state index contributed by atoms with van der Waals surface area (Å²) in [5.74, 6) is -1.17. The summed E-state index contributed by atoms with van der Waals surface area (Å²) in [5, 5.41) is 6.57. The molecule has 3 aromatic rings. The van der Waals surface area contributed by atoms with E-state index in [-0.39, 0.29) is 11.4 Å². The van der Waals surface area contributed by atoms with Gasteiger partial charge < -0.3 is 10.1 Å². The molecule has 5 nitrogen and oxygen atoms in total. The number of aryl methyl sites for hydroxylation is 1. The average Bonchev–Trinajstić information content (AvgIpc) is 2.97. The van der Waals surface area contributed by atoms with Crippen molar-refractivity contribution in [3.63, 3.8) is 0 Å². The molecule has 0 aliphatic heterocycles. The normalized spacial score (nSPS) is 11.8. The molecule has 10 heteroatoms. The van der Waals surface area contributed by atoms with Gasteiger partial charge in [-0.2, -0.15) is 27.1 Å². The fourth-order valence-corrected chi connectivity index (χ4v) is 2.59. The summed E-state index contributed by atoms with van der Waals surface area (Å²) in [7, 11) is 1.26. The molecule has 1 aromatic heterocycles. The smallest absolute Gasteiger partial charge is 0.435 e. The molecule has 0 aliphatic carbocycles. The van der Waals surface area contributed by atoms with Crippen LogP contribution in [0.5, 0.6) is 5.75 Å². The molecule has 0 saturated carbocycles. The highest BCUT2D eigenvalue weighted by Crippen LogP contribution is 2.32. The van der Waals surface area contributed by atoms with Gasteiger partial charge in [-0.3, -0.25) is 9.48 Å². The fraction of sp³-hybridized carbons (Fsp3) is 0.176. The first-order chi connectivity index (χ1) is 12.6. The number of anilines is 1. The third kappa shape index (κ3) is 3.99. The molecule has 0 saturated heterocycles. The number of benzene rings is 2. The first-order valence-corrected chi connectivity index (χ1v) is 7.55. The van der Waals surface area contributed by atoms with E-state index in [0.717, 1.165) is 10.9 Å². The van der Waals surface area contributed by atoms with Crippen LogP contribution >= 0.6 is 0 Å². The van der Waals surface area contributed by atoms with Crippen molar-refractivity contribution in [3.8, 4) is 5.75 Å². The number of nitrogens with zero attached hydrogens (tertiary/aromatic N) is 2. The number of rotatable bonds is 4. The van der Waals surface area contributed by atoms with E-state index in [9.17, 15) is 26.7 Å². The van der Waals surface area contributed by atoms with Gasteiger partial charge in [0, 0.05) is 24.3 Å². The van der Waals surface area contributed by atoms with Crippen LogP contribution in [0.15, 0.2) is 42.6 Å². The molecule has 142 valence electrons. The van der Waals surface area contributed by atoms with Gasteiger partial charge in [-0.05, 0) is 23.6 Å². The second-order valence-corrected chi connectivity index (χ2v) is 5.58. The lowest BCUT2D eigenvalue weighted by atomic mass is 10.1. The van der Waals surface area contributed by atoms with Gasteiger partial charge in [0.05, 0.1) is 5.56 Å². The number of alkyl halides is 5. The van der Waals surface area contributed by atoms with Crippen molar-refractivity contribution in [1.82, 2.24) is 9.78 Å². The SMILES string of the molecule is Cn1cc(C(=O)Nc2cccc3ccc(OC(F)F)cc23)c(C(F)(F)F)n1. The van der Waals surface area contributed by atoms with Crippen LogP contribution in [0.4, 0.5) is 27.6 Å². The first kappa shape index (κ1) is 18.6. The van der Waals surface area contributed by atoms with Crippen LogP contribution in [-0.4, -0.2) is 22.3 Å². The van der Waals surface area contributed by atoms with Crippen LogP contribution in [0.1, 0.15) is 16.1 Å². The number of hydrogen-bond acceptors (Lipinski definition) is 3. The lowest BCUT2D eigenvalue weighted by Gasteiger charge is -2.11. The summed E-state index contributed by atoms with van der Waals surface area (Å²) in [6, 6.07) is 8.75. The molecule has 27 heavy (non-hydrogen) atoms. The van der Waals surface area contributed by atoms with Crippen LogP contribution in [0, 0.1) is 0 Å². The van der Waals surface area contributed by atoms with Crippen molar-refractivity contribution in [2.24, 2.45) is 7.05 Å². The Morgan fingerprint density at radius 2 is 1.96 bits per heavy atom. The first-order valence-electron chi connectivity index (χ1n) is 7.55. The minimum atomic E-state index is -4.80. The van der Waals surface area contributed by atoms with Crippen LogP contribution in [0.2, 0.25) is 0 Å².